The highest BCUT2D eigenvalue weighted by atomic mass is 16.5. The lowest BCUT2D eigenvalue weighted by Crippen LogP contribution is -2.24. The van der Waals surface area contributed by atoms with Gasteiger partial charge in [0.25, 0.3) is 0 Å². The number of carboxylic acid groups (broad SMARTS) is 1. The molecule has 148 valence electrons. The highest BCUT2D eigenvalue weighted by molar-refractivity contribution is 5.80. The van der Waals surface area contributed by atoms with Gasteiger partial charge in [0.15, 0.2) is 0 Å². The van der Waals surface area contributed by atoms with Gasteiger partial charge >= 0.3 is 5.97 Å². The molecule has 2 N–H and O–H groups in total. The van der Waals surface area contributed by atoms with E-state index in [1.54, 1.807) is 13.8 Å². The highest BCUT2D eigenvalue weighted by Crippen LogP contribution is 2.27. The maximum absolute atomic E-state index is 11.1. The van der Waals surface area contributed by atoms with Crippen LogP contribution in [-0.4, -0.2) is 38.9 Å². The predicted octanol–water partition coefficient (Wildman–Crippen LogP) is 3.97. The van der Waals surface area contributed by atoms with Crippen molar-refractivity contribution in [2.45, 2.75) is 33.2 Å². The van der Waals surface area contributed by atoms with Crippen molar-refractivity contribution >= 4 is 17.0 Å². The molecule has 0 aliphatic rings. The predicted molar refractivity (Wildman–Crippen MR) is 108 cm³/mol. The Hall–Kier alpha value is -2.86. The fourth-order valence-electron chi connectivity index (χ4n) is 3.13. The number of fused-ring (bicyclic) bond motifs is 1. The van der Waals surface area contributed by atoms with Crippen molar-refractivity contribution in [2.75, 3.05) is 13.2 Å². The van der Waals surface area contributed by atoms with Gasteiger partial charge in [-0.3, -0.25) is 4.79 Å². The topological polar surface area (TPSA) is 84.6 Å². The van der Waals surface area contributed by atoms with Crippen molar-refractivity contribution in [3.8, 4) is 17.1 Å². The lowest BCUT2D eigenvalue weighted by molar-refractivity contribution is -0.147. The minimum Gasteiger partial charge on any atom is -0.494 e. The number of nitrogens with zero attached hydrogens (tertiary/aromatic N) is 2. The molecule has 1 heterocycles. The van der Waals surface area contributed by atoms with Crippen LogP contribution in [0.4, 0.5) is 0 Å². The van der Waals surface area contributed by atoms with E-state index in [0.717, 1.165) is 28.2 Å². The first-order valence-electron chi connectivity index (χ1n) is 9.45. The van der Waals surface area contributed by atoms with Gasteiger partial charge in [0.05, 0.1) is 29.7 Å². The molecule has 6 heteroatoms. The molecular weight excluding hydrogens is 356 g/mol. The molecule has 0 spiro atoms. The summed E-state index contributed by atoms with van der Waals surface area (Å²) >= 11 is 0. The van der Waals surface area contributed by atoms with Crippen LogP contribution in [0.1, 0.15) is 26.7 Å². The fraction of sp³-hybridized carbons (Fsp3) is 0.364. The molecule has 0 atom stereocenters. The van der Waals surface area contributed by atoms with Crippen LogP contribution in [0, 0.1) is 5.41 Å². The zero-order chi connectivity index (χ0) is 20.1. The summed E-state index contributed by atoms with van der Waals surface area (Å²) in [4.78, 5) is 15.8. The van der Waals surface area contributed by atoms with Crippen molar-refractivity contribution in [2.24, 2.45) is 5.41 Å². The van der Waals surface area contributed by atoms with Crippen LogP contribution in [0.2, 0.25) is 0 Å². The Morgan fingerprint density at radius 2 is 1.86 bits per heavy atom. The molecule has 0 unspecified atom stereocenters. The average Bonchev–Trinajstić information content (AvgIpc) is 3.05. The second-order valence-corrected chi connectivity index (χ2v) is 7.46. The van der Waals surface area contributed by atoms with Crippen LogP contribution >= 0.6 is 0 Å². The van der Waals surface area contributed by atoms with E-state index in [4.69, 9.17) is 14.8 Å². The Bertz CT molecular complexity index is 945. The number of para-hydroxylation sites is 2. The number of aromatic nitrogens is 2. The molecule has 0 bridgehead atoms. The molecular formula is C22H26N2O4. The number of benzene rings is 2. The highest BCUT2D eigenvalue weighted by Gasteiger charge is 2.26. The molecule has 0 aliphatic carbocycles. The van der Waals surface area contributed by atoms with Crippen molar-refractivity contribution in [3.63, 3.8) is 0 Å². The van der Waals surface area contributed by atoms with Gasteiger partial charge in [0, 0.05) is 12.1 Å². The summed E-state index contributed by atoms with van der Waals surface area (Å²) in [5.74, 6) is 0.759. The van der Waals surface area contributed by atoms with Gasteiger partial charge < -0.3 is 19.5 Å². The monoisotopic (exact) mass is 382 g/mol. The smallest absolute Gasteiger partial charge is 0.309 e. The number of hydrogen-bond acceptors (Lipinski definition) is 4. The molecule has 0 saturated carbocycles. The molecule has 3 aromatic rings. The minimum absolute atomic E-state index is 0.0429. The van der Waals surface area contributed by atoms with Crippen LogP contribution in [0.25, 0.3) is 22.4 Å². The summed E-state index contributed by atoms with van der Waals surface area (Å²) in [7, 11) is 0. The number of aliphatic hydroxyl groups excluding tert-OH is 1. The maximum atomic E-state index is 11.1. The van der Waals surface area contributed by atoms with Crippen molar-refractivity contribution in [1.29, 1.82) is 0 Å². The van der Waals surface area contributed by atoms with Crippen molar-refractivity contribution in [1.82, 2.24) is 9.55 Å². The molecule has 0 amide bonds. The number of aliphatic carboxylic acids is 1. The third-order valence-electron chi connectivity index (χ3n) is 4.88. The van der Waals surface area contributed by atoms with E-state index in [1.807, 2.05) is 53.1 Å². The second-order valence-electron chi connectivity index (χ2n) is 7.46. The molecule has 2 aromatic carbocycles. The quantitative estimate of drug-likeness (QED) is 0.547. The van der Waals surface area contributed by atoms with Gasteiger partial charge in [0.1, 0.15) is 11.6 Å². The van der Waals surface area contributed by atoms with E-state index in [2.05, 4.69) is 0 Å². The minimum atomic E-state index is -0.789. The SMILES string of the molecule is CC(C)(CCCOc1ccc(-c2nc3ccccc3n2CCO)cc1)C(=O)O. The van der Waals surface area contributed by atoms with Crippen LogP contribution in [-0.2, 0) is 11.3 Å². The van der Waals surface area contributed by atoms with Gasteiger partial charge in [-0.15, -0.1) is 0 Å². The fourth-order valence-corrected chi connectivity index (χ4v) is 3.13. The molecule has 28 heavy (non-hydrogen) atoms. The van der Waals surface area contributed by atoms with Crippen molar-refractivity contribution in [3.05, 3.63) is 48.5 Å². The zero-order valence-corrected chi connectivity index (χ0v) is 16.3. The third-order valence-corrected chi connectivity index (χ3v) is 4.88. The third kappa shape index (κ3) is 4.34. The molecule has 0 aliphatic heterocycles. The molecule has 0 radical (unpaired) electrons. The van der Waals surface area contributed by atoms with E-state index in [0.29, 0.717) is 26.0 Å². The van der Waals surface area contributed by atoms with E-state index in [9.17, 15) is 9.90 Å². The summed E-state index contributed by atoms with van der Waals surface area (Å²) in [5, 5.41) is 18.6. The normalized spacial score (nSPS) is 11.7. The van der Waals surface area contributed by atoms with Gasteiger partial charge in [-0.2, -0.15) is 0 Å². The maximum Gasteiger partial charge on any atom is 0.309 e. The lowest BCUT2D eigenvalue weighted by atomic mass is 9.88. The van der Waals surface area contributed by atoms with Gasteiger partial charge in [-0.25, -0.2) is 4.98 Å². The van der Waals surface area contributed by atoms with E-state index < -0.39 is 11.4 Å². The first-order chi connectivity index (χ1) is 13.4. The average molecular weight is 382 g/mol. The summed E-state index contributed by atoms with van der Waals surface area (Å²) in [5.41, 5.74) is 2.10. The number of rotatable bonds is 9. The van der Waals surface area contributed by atoms with Crippen LogP contribution < -0.4 is 4.74 Å². The first kappa shape index (κ1) is 19.9. The van der Waals surface area contributed by atoms with Gasteiger partial charge in [0.2, 0.25) is 0 Å². The van der Waals surface area contributed by atoms with Crippen molar-refractivity contribution < 1.29 is 19.7 Å². The Kier molecular flexibility index (Phi) is 5.99. The van der Waals surface area contributed by atoms with E-state index in [1.165, 1.54) is 0 Å². The number of aliphatic hydroxyl groups is 1. The van der Waals surface area contributed by atoms with Crippen LogP contribution in [0.5, 0.6) is 5.75 Å². The Balaban J connectivity index is 1.69. The molecule has 0 saturated heterocycles. The number of carbonyl (C=O) groups is 1. The molecule has 6 nitrogen and oxygen atoms in total. The standard InChI is InChI=1S/C22H26N2O4/c1-22(2,21(26)27)12-5-15-28-17-10-8-16(9-11-17)20-23-18-6-3-4-7-19(18)24(20)13-14-25/h3-4,6-11,25H,5,12-15H2,1-2H3,(H,26,27). The number of ether oxygens (including phenoxy) is 1. The molecule has 0 fully saturated rings. The van der Waals surface area contributed by atoms with Crippen LogP contribution in [0.3, 0.4) is 0 Å². The van der Waals surface area contributed by atoms with E-state index >= 15 is 0 Å². The van der Waals surface area contributed by atoms with Gasteiger partial charge in [-0.1, -0.05) is 12.1 Å². The largest absolute Gasteiger partial charge is 0.494 e. The van der Waals surface area contributed by atoms with Gasteiger partial charge in [-0.05, 0) is 63.1 Å². The summed E-state index contributed by atoms with van der Waals surface area (Å²) in [6, 6.07) is 15.5. The Morgan fingerprint density at radius 1 is 1.14 bits per heavy atom. The lowest BCUT2D eigenvalue weighted by Gasteiger charge is -2.18. The molecule has 3 rings (SSSR count). The number of carboxylic acids is 1. The number of imidazole rings is 1. The summed E-state index contributed by atoms with van der Waals surface area (Å²) < 4.78 is 7.76. The number of hydrogen-bond donors (Lipinski definition) is 2. The zero-order valence-electron chi connectivity index (χ0n) is 16.3. The Morgan fingerprint density at radius 3 is 2.54 bits per heavy atom. The first-order valence-corrected chi connectivity index (χ1v) is 9.45. The van der Waals surface area contributed by atoms with Crippen LogP contribution in [0.15, 0.2) is 48.5 Å². The summed E-state index contributed by atoms with van der Waals surface area (Å²) in [6.07, 6.45) is 1.24. The molecule has 1 aromatic heterocycles. The second kappa shape index (κ2) is 8.44. The summed E-state index contributed by atoms with van der Waals surface area (Å²) in [6.45, 7) is 4.44. The van der Waals surface area contributed by atoms with E-state index in [-0.39, 0.29) is 6.61 Å². The Labute approximate surface area is 164 Å².